The highest BCUT2D eigenvalue weighted by molar-refractivity contribution is 5.67. The van der Waals surface area contributed by atoms with Gasteiger partial charge in [0.05, 0.1) is 0 Å². The number of benzene rings is 1. The highest BCUT2D eigenvalue weighted by atomic mass is 15.2. The van der Waals surface area contributed by atoms with E-state index in [-0.39, 0.29) is 0 Å². The summed E-state index contributed by atoms with van der Waals surface area (Å²) in [5, 5.41) is 3.23. The van der Waals surface area contributed by atoms with E-state index in [0.29, 0.717) is 5.92 Å². The summed E-state index contributed by atoms with van der Waals surface area (Å²) in [7, 11) is 1.98. The van der Waals surface area contributed by atoms with Gasteiger partial charge in [-0.05, 0) is 37.1 Å². The molecule has 104 valence electrons. The maximum absolute atomic E-state index is 4.64. The van der Waals surface area contributed by atoms with Gasteiger partial charge in [-0.1, -0.05) is 31.2 Å². The number of rotatable bonds is 3. The fourth-order valence-corrected chi connectivity index (χ4v) is 3.00. The van der Waals surface area contributed by atoms with Crippen molar-refractivity contribution in [2.45, 2.75) is 19.9 Å². The Balaban J connectivity index is 2.06. The van der Waals surface area contributed by atoms with Crippen molar-refractivity contribution in [1.82, 2.24) is 10.3 Å². The number of pyridine rings is 1. The van der Waals surface area contributed by atoms with Crippen molar-refractivity contribution in [3.8, 4) is 0 Å². The van der Waals surface area contributed by atoms with E-state index in [2.05, 4.69) is 52.5 Å². The van der Waals surface area contributed by atoms with Crippen LogP contribution >= 0.6 is 0 Å². The maximum atomic E-state index is 4.64. The molecule has 0 fully saturated rings. The van der Waals surface area contributed by atoms with E-state index in [1.165, 1.54) is 16.8 Å². The topological polar surface area (TPSA) is 28.2 Å². The lowest BCUT2D eigenvalue weighted by Gasteiger charge is -2.35. The first-order valence-corrected chi connectivity index (χ1v) is 7.23. The lowest BCUT2D eigenvalue weighted by Crippen LogP contribution is -2.32. The zero-order valence-corrected chi connectivity index (χ0v) is 12.1. The molecule has 1 N–H and O–H groups in total. The minimum atomic E-state index is 0.648. The first-order valence-electron chi connectivity index (χ1n) is 7.23. The first kappa shape index (κ1) is 13.1. The Morgan fingerprint density at radius 3 is 2.95 bits per heavy atom. The van der Waals surface area contributed by atoms with Gasteiger partial charge >= 0.3 is 0 Å². The summed E-state index contributed by atoms with van der Waals surface area (Å²) < 4.78 is 0. The number of para-hydroxylation sites is 1. The van der Waals surface area contributed by atoms with Gasteiger partial charge in [0.25, 0.3) is 0 Å². The molecule has 1 unspecified atom stereocenters. The van der Waals surface area contributed by atoms with E-state index in [4.69, 9.17) is 0 Å². The summed E-state index contributed by atoms with van der Waals surface area (Å²) in [6.07, 6.45) is 3.04. The fraction of sp³-hybridized carbons (Fsp3) is 0.353. The Bertz CT molecular complexity index is 594. The number of aromatic nitrogens is 1. The van der Waals surface area contributed by atoms with Crippen LogP contribution in [0, 0.1) is 5.92 Å². The first-order chi connectivity index (χ1) is 9.79. The number of nitrogens with one attached hydrogen (secondary N) is 1. The second kappa shape index (κ2) is 5.63. The molecule has 1 aliphatic rings. The third kappa shape index (κ3) is 2.41. The monoisotopic (exact) mass is 267 g/mol. The number of anilines is 2. The van der Waals surface area contributed by atoms with Crippen LogP contribution in [0.1, 0.15) is 18.1 Å². The largest absolute Gasteiger partial charge is 0.326 e. The van der Waals surface area contributed by atoms with Crippen LogP contribution in [0.5, 0.6) is 0 Å². The van der Waals surface area contributed by atoms with Crippen LogP contribution in [0.25, 0.3) is 0 Å². The maximum Gasteiger partial charge on any atom is 0.137 e. The molecule has 1 atom stereocenters. The molecule has 1 aromatic heterocycles. The Hall–Kier alpha value is -1.87. The summed E-state index contributed by atoms with van der Waals surface area (Å²) >= 11 is 0. The van der Waals surface area contributed by atoms with Gasteiger partial charge in [-0.25, -0.2) is 4.98 Å². The molecule has 0 amide bonds. The van der Waals surface area contributed by atoms with E-state index in [9.17, 15) is 0 Å². The van der Waals surface area contributed by atoms with Crippen LogP contribution in [0.4, 0.5) is 11.5 Å². The van der Waals surface area contributed by atoms with Gasteiger partial charge in [0.2, 0.25) is 0 Å². The number of fused-ring (bicyclic) bond motifs is 1. The SMILES string of the molecule is CNCc1cccnc1N1CC(C)Cc2ccccc21. The molecule has 0 bridgehead atoms. The molecule has 0 aliphatic carbocycles. The van der Waals surface area contributed by atoms with Crippen LogP contribution in [0.3, 0.4) is 0 Å². The van der Waals surface area contributed by atoms with Crippen molar-refractivity contribution in [3.05, 3.63) is 53.7 Å². The van der Waals surface area contributed by atoms with E-state index in [0.717, 1.165) is 25.3 Å². The minimum Gasteiger partial charge on any atom is -0.326 e. The van der Waals surface area contributed by atoms with Gasteiger partial charge in [-0.15, -0.1) is 0 Å². The molecule has 1 aliphatic heterocycles. The molecule has 0 spiro atoms. The minimum absolute atomic E-state index is 0.648. The van der Waals surface area contributed by atoms with Crippen LogP contribution in [0.15, 0.2) is 42.6 Å². The smallest absolute Gasteiger partial charge is 0.137 e. The van der Waals surface area contributed by atoms with Crippen molar-refractivity contribution >= 4 is 11.5 Å². The van der Waals surface area contributed by atoms with Crippen molar-refractivity contribution in [2.24, 2.45) is 5.92 Å². The van der Waals surface area contributed by atoms with Crippen LogP contribution in [-0.2, 0) is 13.0 Å². The van der Waals surface area contributed by atoms with Crippen LogP contribution in [0.2, 0.25) is 0 Å². The number of hydrogen-bond acceptors (Lipinski definition) is 3. The quantitative estimate of drug-likeness (QED) is 0.926. The van der Waals surface area contributed by atoms with E-state index in [1.807, 2.05) is 19.3 Å². The molecule has 0 saturated heterocycles. The van der Waals surface area contributed by atoms with Crippen molar-refractivity contribution in [1.29, 1.82) is 0 Å². The van der Waals surface area contributed by atoms with Crippen LogP contribution < -0.4 is 10.2 Å². The zero-order valence-electron chi connectivity index (χ0n) is 12.1. The lowest BCUT2D eigenvalue weighted by molar-refractivity contribution is 0.558. The summed E-state index contributed by atoms with van der Waals surface area (Å²) in [6.45, 7) is 4.19. The Morgan fingerprint density at radius 1 is 1.25 bits per heavy atom. The third-order valence-electron chi connectivity index (χ3n) is 3.84. The molecule has 3 nitrogen and oxygen atoms in total. The van der Waals surface area contributed by atoms with Crippen molar-refractivity contribution < 1.29 is 0 Å². The van der Waals surface area contributed by atoms with Crippen molar-refractivity contribution in [2.75, 3.05) is 18.5 Å². The molecule has 3 heteroatoms. The Labute approximate surface area is 120 Å². The predicted octanol–water partition coefficient (Wildman–Crippen LogP) is 3.13. The average molecular weight is 267 g/mol. The molecular weight excluding hydrogens is 246 g/mol. The van der Waals surface area contributed by atoms with Gasteiger partial charge in [0.15, 0.2) is 0 Å². The second-order valence-electron chi connectivity index (χ2n) is 5.57. The molecule has 20 heavy (non-hydrogen) atoms. The lowest BCUT2D eigenvalue weighted by atomic mass is 9.93. The van der Waals surface area contributed by atoms with E-state index >= 15 is 0 Å². The number of nitrogens with zero attached hydrogens (tertiary/aromatic N) is 2. The molecule has 3 rings (SSSR count). The zero-order chi connectivity index (χ0) is 13.9. The van der Waals surface area contributed by atoms with Gasteiger partial charge in [-0.3, -0.25) is 0 Å². The van der Waals surface area contributed by atoms with E-state index < -0.39 is 0 Å². The Kier molecular flexibility index (Phi) is 3.70. The summed E-state index contributed by atoms with van der Waals surface area (Å²) in [5.41, 5.74) is 3.98. The van der Waals surface area contributed by atoms with Gasteiger partial charge in [0, 0.05) is 30.5 Å². The summed E-state index contributed by atoms with van der Waals surface area (Å²) in [5.74, 6) is 1.73. The Morgan fingerprint density at radius 2 is 2.10 bits per heavy atom. The molecule has 1 aromatic carbocycles. The van der Waals surface area contributed by atoms with E-state index in [1.54, 1.807) is 0 Å². The number of hydrogen-bond donors (Lipinski definition) is 1. The molecular formula is C17H21N3. The molecule has 2 heterocycles. The van der Waals surface area contributed by atoms with Gasteiger partial charge in [-0.2, -0.15) is 0 Å². The highest BCUT2D eigenvalue weighted by Gasteiger charge is 2.24. The average Bonchev–Trinajstić information content (AvgIpc) is 2.47. The van der Waals surface area contributed by atoms with Gasteiger partial charge in [0.1, 0.15) is 5.82 Å². The molecule has 0 saturated carbocycles. The highest BCUT2D eigenvalue weighted by Crippen LogP contribution is 2.35. The standard InChI is InChI=1S/C17H21N3/c1-13-10-14-6-3-4-8-16(14)20(12-13)17-15(11-18-2)7-5-9-19-17/h3-9,13,18H,10-12H2,1-2H3. The second-order valence-corrected chi connectivity index (χ2v) is 5.57. The summed E-state index contributed by atoms with van der Waals surface area (Å²) in [4.78, 5) is 7.01. The predicted molar refractivity (Wildman–Crippen MR) is 83.3 cm³/mol. The fourth-order valence-electron chi connectivity index (χ4n) is 3.00. The van der Waals surface area contributed by atoms with Gasteiger partial charge < -0.3 is 10.2 Å². The van der Waals surface area contributed by atoms with Crippen LogP contribution in [-0.4, -0.2) is 18.6 Å². The van der Waals surface area contributed by atoms with Crippen molar-refractivity contribution in [3.63, 3.8) is 0 Å². The molecule has 0 radical (unpaired) electrons. The molecule has 2 aromatic rings. The summed E-state index contributed by atoms with van der Waals surface area (Å²) in [6, 6.07) is 12.8. The normalized spacial score (nSPS) is 17.9. The third-order valence-corrected chi connectivity index (χ3v) is 3.84.